The van der Waals surface area contributed by atoms with E-state index < -0.39 is 0 Å². The molecule has 138 valence electrons. The third-order valence-electron chi connectivity index (χ3n) is 2.96. The molecule has 0 amide bonds. The molecule has 7 heteroatoms. The molecule has 0 aliphatic heterocycles. The van der Waals surface area contributed by atoms with Crippen molar-refractivity contribution in [3.8, 4) is 11.5 Å². The topological polar surface area (TPSA) is 46.9 Å². The summed E-state index contributed by atoms with van der Waals surface area (Å²) in [6.07, 6.45) is 0. The van der Waals surface area contributed by atoms with Gasteiger partial charge in [0, 0.05) is 24.2 Å². The summed E-state index contributed by atoms with van der Waals surface area (Å²) in [5, 5.41) is 18.7. The number of para-hydroxylation sites is 2. The predicted octanol–water partition coefficient (Wildman–Crippen LogP) is -3.09. The molecule has 0 aliphatic rings. The molecule has 0 bridgehead atoms. The summed E-state index contributed by atoms with van der Waals surface area (Å²) in [7, 11) is 7.91. The fraction of sp³-hybridized carbons (Fsp3) is 0.333. The van der Waals surface area contributed by atoms with Crippen LogP contribution in [-0.4, -0.2) is 48.2 Å². The van der Waals surface area contributed by atoms with Crippen LogP contribution >= 0.6 is 0 Å². The molecule has 0 spiro atoms. The van der Waals surface area contributed by atoms with Crippen LogP contribution in [0.15, 0.2) is 48.5 Å². The van der Waals surface area contributed by atoms with Crippen LogP contribution in [0.25, 0.3) is 0 Å². The number of aromatic hydroxyl groups is 2. The Morgan fingerprint density at radius 2 is 0.920 bits per heavy atom. The van der Waals surface area contributed by atoms with E-state index in [0.717, 1.165) is 24.2 Å². The van der Waals surface area contributed by atoms with Gasteiger partial charge in [-0.25, -0.2) is 0 Å². The van der Waals surface area contributed by atoms with Crippen molar-refractivity contribution in [1.29, 1.82) is 0 Å². The minimum Gasteiger partial charge on any atom is -1.00 e. The quantitative estimate of drug-likeness (QED) is 0.504. The first-order valence-corrected chi connectivity index (χ1v) is 7.23. The molecule has 2 N–H and O–H groups in total. The zero-order chi connectivity index (χ0) is 16.5. The molecule has 0 saturated carbocycles. The second-order valence-electron chi connectivity index (χ2n) is 5.73. The molecule has 4 nitrogen and oxygen atoms in total. The summed E-state index contributed by atoms with van der Waals surface area (Å²) >= 11 is 0. The minimum absolute atomic E-state index is 0. The summed E-state index contributed by atoms with van der Waals surface area (Å²) in [6.45, 7) is 1.57. The van der Waals surface area contributed by atoms with Gasteiger partial charge in [-0.05, 0) is 40.3 Å². The third-order valence-corrected chi connectivity index (χ3v) is 2.96. The second kappa shape index (κ2) is 15.7. The average molecular weight is 465 g/mol. The summed E-state index contributed by atoms with van der Waals surface area (Å²) in [6, 6.07) is 14.8. The van der Waals surface area contributed by atoms with Gasteiger partial charge in [-0.15, -0.1) is 0 Å². The number of hydrogen-bond acceptors (Lipinski definition) is 4. The van der Waals surface area contributed by atoms with Crippen molar-refractivity contribution in [2.75, 3.05) is 28.2 Å². The van der Waals surface area contributed by atoms with E-state index in [1.165, 1.54) is 0 Å². The van der Waals surface area contributed by atoms with Gasteiger partial charge in [-0.1, -0.05) is 36.4 Å². The van der Waals surface area contributed by atoms with Crippen LogP contribution in [0.5, 0.6) is 11.5 Å². The van der Waals surface area contributed by atoms with E-state index in [4.69, 9.17) is 0 Å². The maximum atomic E-state index is 9.33. The summed E-state index contributed by atoms with van der Waals surface area (Å²) < 4.78 is 0. The Kier molecular flexibility index (Phi) is 18.3. The first-order chi connectivity index (χ1) is 10.4. The van der Waals surface area contributed by atoms with Crippen LogP contribution in [0.3, 0.4) is 0 Å². The van der Waals surface area contributed by atoms with Gasteiger partial charge in [0.05, 0.1) is 0 Å². The van der Waals surface area contributed by atoms with Gasteiger partial charge in [0.15, 0.2) is 0 Å². The first kappa shape index (κ1) is 29.2. The largest absolute Gasteiger partial charge is 2.00 e. The molecule has 0 aliphatic carbocycles. The van der Waals surface area contributed by atoms with E-state index in [1.807, 2.05) is 74.4 Å². The Morgan fingerprint density at radius 1 is 0.640 bits per heavy atom. The van der Waals surface area contributed by atoms with Crippen LogP contribution in [0.4, 0.5) is 0 Å². The zero-order valence-corrected chi connectivity index (χ0v) is 19.0. The number of phenolic OH excluding ortho intramolecular Hbond substituents is 2. The maximum absolute atomic E-state index is 9.33. The number of nitrogens with zero attached hydrogens (tertiary/aromatic N) is 2. The first-order valence-electron chi connectivity index (χ1n) is 7.23. The maximum Gasteiger partial charge on any atom is 2.00 e. The summed E-state index contributed by atoms with van der Waals surface area (Å²) in [5.74, 6) is 0.752. The number of benzene rings is 2. The van der Waals surface area contributed by atoms with E-state index >= 15 is 0 Å². The Balaban J connectivity index is -0.000000346. The number of hydrogen-bond donors (Lipinski definition) is 2. The molecular formula is C18H26Cl2N2O2Zr. The standard InChI is InChI=1S/2C9H13NO.2ClH.Zr/c2*1-10(2)7-8-5-3-4-6-9(8)11;;;/h2*3-6,11H,7H2,1-2H3;2*1H;/q;;;;+2/p-2. The molecule has 0 fully saturated rings. The molecule has 0 aromatic heterocycles. The zero-order valence-electron chi connectivity index (χ0n) is 15.1. The van der Waals surface area contributed by atoms with Gasteiger partial charge >= 0.3 is 26.2 Å². The molecular weight excluding hydrogens is 438 g/mol. The molecule has 0 unspecified atom stereocenters. The Morgan fingerprint density at radius 3 is 1.16 bits per heavy atom. The number of phenols is 2. The van der Waals surface area contributed by atoms with Crippen LogP contribution in [-0.2, 0) is 39.3 Å². The van der Waals surface area contributed by atoms with E-state index in [9.17, 15) is 10.2 Å². The second-order valence-corrected chi connectivity index (χ2v) is 5.73. The molecule has 0 saturated heterocycles. The Hall–Kier alpha value is -0.577. The van der Waals surface area contributed by atoms with Crippen LogP contribution in [0.2, 0.25) is 0 Å². The normalized spacial score (nSPS) is 9.20. The van der Waals surface area contributed by atoms with E-state index in [0.29, 0.717) is 11.5 Å². The SMILES string of the molecule is CN(C)Cc1ccccc1O.CN(C)Cc1ccccc1O.[Cl-].[Cl-].[Zr+2]. The van der Waals surface area contributed by atoms with Crippen LogP contribution in [0, 0.1) is 0 Å². The fourth-order valence-electron chi connectivity index (χ4n) is 1.97. The van der Waals surface area contributed by atoms with Crippen LogP contribution < -0.4 is 24.8 Å². The minimum atomic E-state index is 0. The van der Waals surface area contributed by atoms with Crippen molar-refractivity contribution in [1.82, 2.24) is 9.80 Å². The van der Waals surface area contributed by atoms with Crippen molar-refractivity contribution in [3.63, 3.8) is 0 Å². The van der Waals surface area contributed by atoms with E-state index in [2.05, 4.69) is 0 Å². The molecule has 0 heterocycles. The Bertz CT molecular complexity index is 533. The van der Waals surface area contributed by atoms with Gasteiger partial charge in [0.2, 0.25) is 0 Å². The van der Waals surface area contributed by atoms with Crippen molar-refractivity contribution in [2.24, 2.45) is 0 Å². The molecule has 0 atom stereocenters. The predicted molar refractivity (Wildman–Crippen MR) is 91.0 cm³/mol. The monoisotopic (exact) mass is 462 g/mol. The van der Waals surface area contributed by atoms with Crippen LogP contribution in [0.1, 0.15) is 11.1 Å². The third kappa shape index (κ3) is 12.4. The Labute approximate surface area is 182 Å². The molecule has 2 rings (SSSR count). The summed E-state index contributed by atoms with van der Waals surface area (Å²) in [4.78, 5) is 4.05. The molecule has 0 radical (unpaired) electrons. The van der Waals surface area contributed by atoms with Gasteiger partial charge in [-0.2, -0.15) is 0 Å². The fourth-order valence-corrected chi connectivity index (χ4v) is 1.97. The summed E-state index contributed by atoms with van der Waals surface area (Å²) in [5.41, 5.74) is 1.94. The van der Waals surface area contributed by atoms with Gasteiger partial charge in [0.1, 0.15) is 11.5 Å². The van der Waals surface area contributed by atoms with Gasteiger partial charge in [0.25, 0.3) is 0 Å². The number of rotatable bonds is 4. The van der Waals surface area contributed by atoms with E-state index in [-0.39, 0.29) is 51.0 Å². The van der Waals surface area contributed by atoms with E-state index in [1.54, 1.807) is 12.1 Å². The van der Waals surface area contributed by atoms with Gasteiger partial charge < -0.3 is 44.8 Å². The van der Waals surface area contributed by atoms with Crippen molar-refractivity contribution in [3.05, 3.63) is 59.7 Å². The number of halogens is 2. The smallest absolute Gasteiger partial charge is 1.00 e. The van der Waals surface area contributed by atoms with Crippen molar-refractivity contribution >= 4 is 0 Å². The molecule has 2 aromatic rings. The van der Waals surface area contributed by atoms with Crippen molar-refractivity contribution in [2.45, 2.75) is 13.1 Å². The molecule has 2 aromatic carbocycles. The van der Waals surface area contributed by atoms with Gasteiger partial charge in [-0.3, -0.25) is 0 Å². The average Bonchev–Trinajstić information content (AvgIpc) is 2.44. The van der Waals surface area contributed by atoms with Crippen molar-refractivity contribution < 1.29 is 61.2 Å². The molecule has 25 heavy (non-hydrogen) atoms.